The van der Waals surface area contributed by atoms with Crippen LogP contribution < -0.4 is 0 Å². The fraction of sp³-hybridized carbons (Fsp3) is 0.900. The quantitative estimate of drug-likeness (QED) is 0.0211. The molecule has 0 saturated heterocycles. The smallest absolute Gasteiger partial charge is 0.361 e. The van der Waals surface area contributed by atoms with Crippen LogP contribution in [0.4, 0.5) is 0 Å². The Labute approximate surface area is 617 Å². The number of carbonyl (C=O) groups is 3. The largest absolute Gasteiger partial charge is 0.477 e. The summed E-state index contributed by atoms with van der Waals surface area (Å²) in [5, 5.41) is 9.79. The predicted octanol–water partition coefficient (Wildman–Crippen LogP) is 28.6. The van der Waals surface area contributed by atoms with Crippen molar-refractivity contribution < 1.29 is 42.9 Å². The van der Waals surface area contributed by atoms with Crippen molar-refractivity contribution in [3.05, 3.63) is 36.5 Å². The lowest BCUT2D eigenvalue weighted by atomic mass is 10.0. The highest BCUT2D eigenvalue weighted by molar-refractivity contribution is 5.71. The molecule has 0 aromatic carbocycles. The van der Waals surface area contributed by atoms with Crippen LogP contribution in [0.15, 0.2) is 36.5 Å². The van der Waals surface area contributed by atoms with Crippen molar-refractivity contribution in [3.63, 3.8) is 0 Å². The molecule has 0 heterocycles. The van der Waals surface area contributed by atoms with Gasteiger partial charge in [-0.2, -0.15) is 0 Å². The second-order valence-electron chi connectivity index (χ2n) is 31.6. The second kappa shape index (κ2) is 81.2. The molecule has 0 bridgehead atoms. The zero-order chi connectivity index (χ0) is 71.8. The molecule has 9 heteroatoms. The molecule has 0 amide bonds. The molecule has 584 valence electrons. The first kappa shape index (κ1) is 96.5. The predicted molar refractivity (Wildman–Crippen MR) is 429 cm³/mol. The number of quaternary nitrogens is 1. The Morgan fingerprint density at radius 1 is 0.303 bits per heavy atom. The minimum Gasteiger partial charge on any atom is -0.477 e. The van der Waals surface area contributed by atoms with Gasteiger partial charge in [-0.05, 0) is 51.4 Å². The first-order valence-corrected chi connectivity index (χ1v) is 44.2. The molecular formula is C90H172NO8+. The average Bonchev–Trinajstić information content (AvgIpc) is 2.62. The van der Waals surface area contributed by atoms with E-state index in [1.165, 1.54) is 385 Å². The molecule has 2 unspecified atom stereocenters. The summed E-state index contributed by atoms with van der Waals surface area (Å²) in [4.78, 5) is 37.8. The van der Waals surface area contributed by atoms with E-state index in [2.05, 4.69) is 50.3 Å². The van der Waals surface area contributed by atoms with Gasteiger partial charge in [-0.25, -0.2) is 4.79 Å². The number of ether oxygens (including phenoxy) is 4. The Bertz CT molecular complexity index is 1720. The van der Waals surface area contributed by atoms with Gasteiger partial charge in [0.2, 0.25) is 0 Å². The summed E-state index contributed by atoms with van der Waals surface area (Å²) < 4.78 is 23.1. The normalized spacial score (nSPS) is 12.7. The minimum atomic E-state index is -1.51. The Morgan fingerprint density at radius 2 is 0.545 bits per heavy atom. The van der Waals surface area contributed by atoms with Crippen molar-refractivity contribution in [1.82, 2.24) is 0 Å². The Balaban J connectivity index is 3.90. The number of rotatable bonds is 84. The maximum absolute atomic E-state index is 13.0. The van der Waals surface area contributed by atoms with Gasteiger partial charge in [0, 0.05) is 12.8 Å². The van der Waals surface area contributed by atoms with Crippen molar-refractivity contribution in [2.45, 2.75) is 476 Å². The van der Waals surface area contributed by atoms with E-state index in [0.29, 0.717) is 17.4 Å². The highest BCUT2D eigenvalue weighted by atomic mass is 16.7. The lowest BCUT2D eigenvalue weighted by Crippen LogP contribution is -2.40. The summed E-state index contributed by atoms with van der Waals surface area (Å²) in [5.74, 6) is -1.96. The molecule has 0 aliphatic rings. The molecule has 0 aromatic heterocycles. The summed E-state index contributed by atoms with van der Waals surface area (Å²) >= 11 is 0. The fourth-order valence-corrected chi connectivity index (χ4v) is 13.7. The Morgan fingerprint density at radius 3 is 0.808 bits per heavy atom. The minimum absolute atomic E-state index is 0.174. The molecule has 99 heavy (non-hydrogen) atoms. The molecule has 0 fully saturated rings. The number of aliphatic carboxylic acids is 1. The molecule has 0 radical (unpaired) electrons. The summed E-state index contributed by atoms with van der Waals surface area (Å²) in [6, 6.07) is 0. The van der Waals surface area contributed by atoms with Crippen molar-refractivity contribution in [3.8, 4) is 0 Å². The standard InChI is InChI=1S/C90H171NO8/c1-6-8-10-12-14-16-18-20-22-24-26-28-30-32-34-36-38-40-41-42-43-44-45-46-47-49-51-53-55-57-59-61-63-65-67-69-71-73-75-77-79-81-88(93)99-86(85-98-90(89(94)95)96-83-82-91(3,4)5)84-97-87(92)80-78-76-74-72-70-68-66-64-62-60-58-56-54-52-50-48-39-37-35-33-31-29-27-25-23-21-19-17-15-13-11-9-7-2/h18,20,24,26,30,32,86,90H,6-17,19,21-23,25,27-29,31,33-85H2,1-5H3/p+1/b20-18-,26-24-,32-30-. The number of nitrogens with zero attached hydrogens (tertiary/aromatic N) is 1. The maximum atomic E-state index is 13.0. The van der Waals surface area contributed by atoms with Crippen LogP contribution >= 0.6 is 0 Å². The second-order valence-corrected chi connectivity index (χ2v) is 31.6. The van der Waals surface area contributed by atoms with Gasteiger partial charge in [0.25, 0.3) is 6.29 Å². The Hall–Kier alpha value is -2.49. The lowest BCUT2D eigenvalue weighted by molar-refractivity contribution is -0.870. The zero-order valence-electron chi connectivity index (χ0n) is 67.2. The van der Waals surface area contributed by atoms with Gasteiger partial charge in [-0.1, -0.05) is 436 Å². The van der Waals surface area contributed by atoms with Crippen molar-refractivity contribution in [2.75, 3.05) is 47.5 Å². The molecule has 0 spiro atoms. The molecule has 0 saturated carbocycles. The van der Waals surface area contributed by atoms with Crippen LogP contribution in [-0.4, -0.2) is 87.4 Å². The summed E-state index contributed by atoms with van der Waals surface area (Å²) in [6.07, 6.45) is 103. The molecule has 0 aliphatic heterocycles. The van der Waals surface area contributed by atoms with Gasteiger partial charge < -0.3 is 28.5 Å². The van der Waals surface area contributed by atoms with Crippen LogP contribution in [0.1, 0.15) is 463 Å². The number of carboxylic acid groups (broad SMARTS) is 1. The molecular weight excluding hydrogens is 1220 g/mol. The first-order chi connectivity index (χ1) is 48.6. The van der Waals surface area contributed by atoms with E-state index in [1.807, 2.05) is 21.1 Å². The number of carbonyl (C=O) groups excluding carboxylic acids is 2. The van der Waals surface area contributed by atoms with Gasteiger partial charge in [0.05, 0.1) is 34.4 Å². The highest BCUT2D eigenvalue weighted by Gasteiger charge is 2.25. The van der Waals surface area contributed by atoms with Gasteiger partial charge >= 0.3 is 17.9 Å². The van der Waals surface area contributed by atoms with Crippen LogP contribution in [0.5, 0.6) is 0 Å². The van der Waals surface area contributed by atoms with Crippen LogP contribution in [0.2, 0.25) is 0 Å². The van der Waals surface area contributed by atoms with Crippen LogP contribution in [-0.2, 0) is 33.3 Å². The summed E-state index contributed by atoms with van der Waals surface area (Å²) in [6.45, 7) is 4.96. The molecule has 0 aliphatic carbocycles. The Kier molecular flexibility index (Phi) is 79.1. The third kappa shape index (κ3) is 82.7. The topological polar surface area (TPSA) is 108 Å². The molecule has 0 aromatic rings. The van der Waals surface area contributed by atoms with Gasteiger partial charge in [0.1, 0.15) is 13.2 Å². The molecule has 9 nitrogen and oxygen atoms in total. The van der Waals surface area contributed by atoms with E-state index in [0.717, 1.165) is 51.4 Å². The summed E-state index contributed by atoms with van der Waals surface area (Å²) in [5.41, 5.74) is 0. The number of hydrogen-bond donors (Lipinski definition) is 1. The lowest BCUT2D eigenvalue weighted by Gasteiger charge is -2.25. The van der Waals surface area contributed by atoms with Crippen LogP contribution in [0.3, 0.4) is 0 Å². The van der Waals surface area contributed by atoms with Gasteiger partial charge in [0.15, 0.2) is 6.10 Å². The van der Waals surface area contributed by atoms with Crippen LogP contribution in [0, 0.1) is 0 Å². The number of unbranched alkanes of at least 4 members (excludes halogenated alkanes) is 63. The van der Waals surface area contributed by atoms with E-state index in [9.17, 15) is 19.5 Å². The van der Waals surface area contributed by atoms with Crippen molar-refractivity contribution in [2.24, 2.45) is 0 Å². The number of allylic oxidation sites excluding steroid dienone is 6. The monoisotopic (exact) mass is 1400 g/mol. The van der Waals surface area contributed by atoms with Gasteiger partial charge in [-0.15, -0.1) is 0 Å². The maximum Gasteiger partial charge on any atom is 0.361 e. The van der Waals surface area contributed by atoms with E-state index in [-0.39, 0.29) is 38.2 Å². The summed E-state index contributed by atoms with van der Waals surface area (Å²) in [7, 11) is 6.01. The third-order valence-electron chi connectivity index (χ3n) is 20.4. The van der Waals surface area contributed by atoms with Crippen molar-refractivity contribution >= 4 is 17.9 Å². The van der Waals surface area contributed by atoms with E-state index in [1.54, 1.807) is 0 Å². The van der Waals surface area contributed by atoms with Crippen LogP contribution in [0.25, 0.3) is 0 Å². The number of hydrogen-bond acceptors (Lipinski definition) is 7. The first-order valence-electron chi connectivity index (χ1n) is 44.2. The molecule has 0 rings (SSSR count). The number of esters is 2. The zero-order valence-corrected chi connectivity index (χ0v) is 67.2. The van der Waals surface area contributed by atoms with Crippen molar-refractivity contribution in [1.29, 1.82) is 0 Å². The highest BCUT2D eigenvalue weighted by Crippen LogP contribution is 2.21. The number of likely N-dealkylation sites (N-methyl/N-ethyl adjacent to an activating group) is 1. The van der Waals surface area contributed by atoms with E-state index < -0.39 is 18.4 Å². The molecule has 1 N–H and O–H groups in total. The van der Waals surface area contributed by atoms with E-state index >= 15 is 0 Å². The van der Waals surface area contributed by atoms with Gasteiger partial charge in [-0.3, -0.25) is 9.59 Å². The SMILES string of the molecule is CCCCCCC/C=C\C/C=C\C/C=C\CCCCCCCCCCCCCCCCCCCCCCCCCCCCC(=O)OC(COC(=O)CCCCCCCCCCCCCCCCCCCCCCCCCCCCCCCCCCC)COC(OCC[N+](C)(C)C)C(=O)O. The fourth-order valence-electron chi connectivity index (χ4n) is 13.7. The molecule has 2 atom stereocenters. The number of carboxylic acids is 1. The van der Waals surface area contributed by atoms with E-state index in [4.69, 9.17) is 18.9 Å². The average molecular weight is 1400 g/mol. The third-order valence-corrected chi connectivity index (χ3v) is 20.4.